The molecule has 0 N–H and O–H groups in total. The highest BCUT2D eigenvalue weighted by molar-refractivity contribution is 5.78. The molecule has 0 fully saturated rings. The van der Waals surface area contributed by atoms with E-state index in [1.165, 1.54) is 0 Å². The van der Waals surface area contributed by atoms with E-state index in [0.29, 0.717) is 6.92 Å². The lowest BCUT2D eigenvalue weighted by Crippen LogP contribution is -2.48. The van der Waals surface area contributed by atoms with Gasteiger partial charge in [0.2, 0.25) is 5.67 Å². The summed E-state index contributed by atoms with van der Waals surface area (Å²) in [7, 11) is 0. The van der Waals surface area contributed by atoms with Gasteiger partial charge in [-0.05, 0) is 13.3 Å². The van der Waals surface area contributed by atoms with Gasteiger partial charge < -0.3 is 4.74 Å². The fourth-order valence-corrected chi connectivity index (χ4v) is 0.938. The van der Waals surface area contributed by atoms with E-state index in [-0.39, 0.29) is 0 Å². The third kappa shape index (κ3) is 5.12. The van der Waals surface area contributed by atoms with E-state index >= 15 is 0 Å². The Bertz CT molecular complexity index is 348. The molecule has 0 aliphatic carbocycles. The summed E-state index contributed by atoms with van der Waals surface area (Å²) in [5.41, 5.74) is -2.69. The predicted molar refractivity (Wildman–Crippen MR) is 51.3 cm³/mol. The molecule has 0 aromatic rings. The molecule has 2 nitrogen and oxygen atoms in total. The number of hydrogen-bond acceptors (Lipinski definition) is 2. The molecule has 120 valence electrons. The Morgan fingerprint density at radius 2 is 1.40 bits per heavy atom. The van der Waals surface area contributed by atoms with E-state index in [0.717, 1.165) is 6.92 Å². The van der Waals surface area contributed by atoms with Crippen LogP contribution in [0.25, 0.3) is 0 Å². The van der Waals surface area contributed by atoms with Crippen molar-refractivity contribution in [2.24, 2.45) is 0 Å². The number of esters is 1. The van der Waals surface area contributed by atoms with Crippen molar-refractivity contribution in [1.82, 2.24) is 0 Å². The maximum absolute atomic E-state index is 13.3. The smallest absolute Gasteiger partial charge is 0.395 e. The fourth-order valence-electron chi connectivity index (χ4n) is 0.938. The maximum atomic E-state index is 13.3. The standard InChI is InChI=1S/C10H12F8O2/c1-3-7(2,11)6(19)20-5-9(14,15)8(12,13)4-10(16,17)18/h3-5H2,1-2H3. The lowest BCUT2D eigenvalue weighted by Gasteiger charge is -2.27. The van der Waals surface area contributed by atoms with Gasteiger partial charge in [-0.3, -0.25) is 0 Å². The zero-order valence-electron chi connectivity index (χ0n) is 10.5. The van der Waals surface area contributed by atoms with Crippen molar-refractivity contribution < 1.29 is 44.7 Å². The van der Waals surface area contributed by atoms with Crippen LogP contribution in [0.2, 0.25) is 0 Å². The first kappa shape index (κ1) is 18.9. The van der Waals surface area contributed by atoms with Crippen LogP contribution in [-0.4, -0.2) is 36.3 Å². The van der Waals surface area contributed by atoms with Crippen LogP contribution in [-0.2, 0) is 9.53 Å². The molecule has 0 saturated carbocycles. The van der Waals surface area contributed by atoms with Gasteiger partial charge in [-0.15, -0.1) is 0 Å². The van der Waals surface area contributed by atoms with Crippen LogP contribution >= 0.6 is 0 Å². The normalized spacial score (nSPS) is 16.7. The molecule has 0 aromatic carbocycles. The van der Waals surface area contributed by atoms with Gasteiger partial charge in [0.15, 0.2) is 6.61 Å². The SMILES string of the molecule is CCC(C)(F)C(=O)OCC(F)(F)C(F)(F)CC(F)(F)F. The molecule has 0 heterocycles. The topological polar surface area (TPSA) is 26.3 Å². The molecule has 0 radical (unpaired) electrons. The summed E-state index contributed by atoms with van der Waals surface area (Å²) in [6.07, 6.45) is -9.09. The molecule has 20 heavy (non-hydrogen) atoms. The van der Waals surface area contributed by atoms with Crippen molar-refractivity contribution in [2.45, 2.75) is 50.4 Å². The van der Waals surface area contributed by atoms with Crippen molar-refractivity contribution in [3.8, 4) is 0 Å². The quantitative estimate of drug-likeness (QED) is 0.549. The zero-order chi connectivity index (χ0) is 16.4. The molecule has 1 atom stereocenters. The number of ether oxygens (including phenoxy) is 1. The highest BCUT2D eigenvalue weighted by Gasteiger charge is 2.61. The van der Waals surface area contributed by atoms with Gasteiger partial charge in [0.25, 0.3) is 0 Å². The highest BCUT2D eigenvalue weighted by atomic mass is 19.4. The largest absolute Gasteiger partial charge is 0.457 e. The molecule has 0 saturated heterocycles. The second kappa shape index (κ2) is 5.72. The Kier molecular flexibility index (Phi) is 5.41. The summed E-state index contributed by atoms with van der Waals surface area (Å²) in [6.45, 7) is -0.507. The van der Waals surface area contributed by atoms with Gasteiger partial charge in [-0.1, -0.05) is 6.92 Å². The van der Waals surface area contributed by atoms with Crippen molar-refractivity contribution in [3.05, 3.63) is 0 Å². The van der Waals surface area contributed by atoms with E-state index in [4.69, 9.17) is 0 Å². The number of carbonyl (C=O) groups is 1. The highest BCUT2D eigenvalue weighted by Crippen LogP contribution is 2.42. The first-order chi connectivity index (χ1) is 8.65. The van der Waals surface area contributed by atoms with E-state index in [1.807, 2.05) is 0 Å². The Morgan fingerprint density at radius 3 is 1.75 bits per heavy atom. The van der Waals surface area contributed by atoms with E-state index in [9.17, 15) is 39.9 Å². The molecule has 0 rings (SSSR count). The monoisotopic (exact) mass is 316 g/mol. The van der Waals surface area contributed by atoms with Gasteiger partial charge in [0.1, 0.15) is 6.42 Å². The van der Waals surface area contributed by atoms with E-state index < -0.39 is 49.1 Å². The van der Waals surface area contributed by atoms with Gasteiger partial charge in [0.05, 0.1) is 0 Å². The van der Waals surface area contributed by atoms with Crippen LogP contribution in [0.15, 0.2) is 0 Å². The Labute approximate surface area is 109 Å². The first-order valence-corrected chi connectivity index (χ1v) is 5.33. The van der Waals surface area contributed by atoms with E-state index in [2.05, 4.69) is 4.74 Å². The van der Waals surface area contributed by atoms with Crippen LogP contribution in [0.4, 0.5) is 35.1 Å². The minimum Gasteiger partial charge on any atom is -0.457 e. The average molecular weight is 316 g/mol. The summed E-state index contributed by atoms with van der Waals surface area (Å²) in [4.78, 5) is 11.0. The molecule has 0 amide bonds. The van der Waals surface area contributed by atoms with Crippen LogP contribution < -0.4 is 0 Å². The molecule has 0 spiro atoms. The van der Waals surface area contributed by atoms with Crippen molar-refractivity contribution in [1.29, 1.82) is 0 Å². The summed E-state index contributed by atoms with van der Waals surface area (Å²) >= 11 is 0. The van der Waals surface area contributed by atoms with Crippen LogP contribution in [0, 0.1) is 0 Å². The summed E-state index contributed by atoms with van der Waals surface area (Å²) < 4.78 is 104. The lowest BCUT2D eigenvalue weighted by molar-refractivity contribution is -0.275. The number of carbonyl (C=O) groups excluding carboxylic acids is 1. The molecule has 0 aliphatic rings. The minimum absolute atomic E-state index is 0.476. The Balaban J connectivity index is 4.79. The Hall–Kier alpha value is -1.09. The van der Waals surface area contributed by atoms with Gasteiger partial charge in [-0.2, -0.15) is 30.7 Å². The van der Waals surface area contributed by atoms with Crippen molar-refractivity contribution in [3.63, 3.8) is 0 Å². The second-order valence-corrected chi connectivity index (χ2v) is 4.33. The summed E-state index contributed by atoms with van der Waals surface area (Å²) in [5.74, 6) is -12.6. The number of halogens is 8. The average Bonchev–Trinajstić information content (AvgIpc) is 2.22. The minimum atomic E-state index is -5.53. The molecule has 0 aromatic heterocycles. The summed E-state index contributed by atoms with van der Waals surface area (Å²) in [6, 6.07) is 0. The molecular weight excluding hydrogens is 304 g/mol. The molecular formula is C10H12F8O2. The molecule has 0 bridgehead atoms. The van der Waals surface area contributed by atoms with E-state index in [1.54, 1.807) is 0 Å². The number of rotatable bonds is 6. The fraction of sp³-hybridized carbons (Fsp3) is 0.900. The number of alkyl halides is 8. The van der Waals surface area contributed by atoms with Crippen LogP contribution in [0.1, 0.15) is 26.7 Å². The maximum Gasteiger partial charge on any atom is 0.395 e. The zero-order valence-corrected chi connectivity index (χ0v) is 10.5. The molecule has 1 unspecified atom stereocenters. The summed E-state index contributed by atoms with van der Waals surface area (Å²) in [5, 5.41) is 0. The first-order valence-electron chi connectivity index (χ1n) is 5.33. The van der Waals surface area contributed by atoms with Crippen LogP contribution in [0.3, 0.4) is 0 Å². The van der Waals surface area contributed by atoms with Gasteiger partial charge >= 0.3 is 24.0 Å². The molecule has 10 heteroatoms. The Morgan fingerprint density at radius 1 is 0.950 bits per heavy atom. The third-order valence-electron chi connectivity index (χ3n) is 2.43. The second-order valence-electron chi connectivity index (χ2n) is 4.33. The van der Waals surface area contributed by atoms with Gasteiger partial charge in [-0.25, -0.2) is 9.18 Å². The molecule has 0 aliphatic heterocycles. The predicted octanol–water partition coefficient (Wildman–Crippen LogP) is 3.89. The lowest BCUT2D eigenvalue weighted by atomic mass is 10.1. The van der Waals surface area contributed by atoms with Crippen molar-refractivity contribution in [2.75, 3.05) is 6.61 Å². The van der Waals surface area contributed by atoms with Crippen LogP contribution in [0.5, 0.6) is 0 Å². The third-order valence-corrected chi connectivity index (χ3v) is 2.43. The number of hydrogen-bond donors (Lipinski definition) is 0. The van der Waals surface area contributed by atoms with Gasteiger partial charge in [0, 0.05) is 0 Å². The van der Waals surface area contributed by atoms with Crippen molar-refractivity contribution >= 4 is 5.97 Å².